The largest absolute Gasteiger partial charge is 0.494 e. The van der Waals surface area contributed by atoms with Gasteiger partial charge in [-0.15, -0.1) is 0 Å². The molecule has 0 unspecified atom stereocenters. The maximum absolute atomic E-state index is 13.4. The summed E-state index contributed by atoms with van der Waals surface area (Å²) in [6.45, 7) is 5.36. The van der Waals surface area contributed by atoms with Crippen molar-refractivity contribution in [1.29, 1.82) is 0 Å². The monoisotopic (exact) mass is 498 g/mol. The van der Waals surface area contributed by atoms with E-state index in [0.29, 0.717) is 57.9 Å². The van der Waals surface area contributed by atoms with Crippen LogP contribution in [0.1, 0.15) is 19.8 Å². The van der Waals surface area contributed by atoms with E-state index < -0.39 is 5.82 Å². The van der Waals surface area contributed by atoms with Crippen molar-refractivity contribution < 1.29 is 13.9 Å². The number of carbonyl (C=O) groups excluding carboxylic acids is 1. The van der Waals surface area contributed by atoms with Gasteiger partial charge >= 0.3 is 0 Å². The first-order valence-electron chi connectivity index (χ1n) is 11.7. The third-order valence-electron chi connectivity index (χ3n) is 5.99. The summed E-state index contributed by atoms with van der Waals surface area (Å²) in [5, 5.41) is 4.57. The van der Waals surface area contributed by atoms with Crippen molar-refractivity contribution >= 4 is 23.2 Å². The average Bonchev–Trinajstić information content (AvgIpc) is 2.87. The van der Waals surface area contributed by atoms with Gasteiger partial charge in [-0.1, -0.05) is 11.6 Å². The Balaban J connectivity index is 1.29. The van der Waals surface area contributed by atoms with E-state index in [0.717, 1.165) is 17.0 Å². The fourth-order valence-electron chi connectivity index (χ4n) is 4.09. The summed E-state index contributed by atoms with van der Waals surface area (Å²) < 4.78 is 20.3. The predicted molar refractivity (Wildman–Crippen MR) is 135 cm³/mol. The van der Waals surface area contributed by atoms with Gasteiger partial charge in [0.2, 0.25) is 5.91 Å². The van der Waals surface area contributed by atoms with Crippen molar-refractivity contribution in [3.05, 3.63) is 75.8 Å². The molecule has 2 heterocycles. The third-order valence-corrected chi connectivity index (χ3v) is 6.28. The highest BCUT2D eigenvalue weighted by Crippen LogP contribution is 2.24. The fraction of sp³-hybridized carbons (Fsp3) is 0.346. The molecule has 1 aliphatic rings. The Hall–Kier alpha value is -3.39. The van der Waals surface area contributed by atoms with E-state index in [4.69, 9.17) is 16.3 Å². The molecule has 3 aromatic rings. The number of piperazine rings is 1. The number of aryl methyl sites for hydroxylation is 1. The topological polar surface area (TPSA) is 67.7 Å². The molecule has 0 saturated carbocycles. The third kappa shape index (κ3) is 6.19. The maximum Gasteiger partial charge on any atom is 0.266 e. The lowest BCUT2D eigenvalue weighted by Crippen LogP contribution is -2.48. The maximum atomic E-state index is 13.4. The van der Waals surface area contributed by atoms with Gasteiger partial charge in [-0.25, -0.2) is 9.07 Å². The van der Waals surface area contributed by atoms with Crippen LogP contribution in [0.3, 0.4) is 0 Å². The van der Waals surface area contributed by atoms with Crippen LogP contribution in [-0.2, 0) is 11.3 Å². The number of hydrogen-bond acceptors (Lipinski definition) is 5. The SMILES string of the molecule is CCOc1ccc(-c2ccc(=O)n(CCCC(=O)N3CCN(c4ccc(F)c(Cl)c4)CC3)n2)cc1. The molecule has 0 atom stereocenters. The quantitative estimate of drug-likeness (QED) is 0.465. The second-order valence-corrected chi connectivity index (χ2v) is 8.71. The Morgan fingerprint density at radius 3 is 2.49 bits per heavy atom. The first-order valence-corrected chi connectivity index (χ1v) is 12.1. The molecule has 1 saturated heterocycles. The van der Waals surface area contributed by atoms with Crippen LogP contribution < -0.4 is 15.2 Å². The van der Waals surface area contributed by atoms with E-state index in [1.165, 1.54) is 16.8 Å². The first-order chi connectivity index (χ1) is 16.9. The zero-order valence-corrected chi connectivity index (χ0v) is 20.4. The average molecular weight is 499 g/mol. The van der Waals surface area contributed by atoms with Crippen LogP contribution in [0.4, 0.5) is 10.1 Å². The second kappa shape index (κ2) is 11.4. The first kappa shape index (κ1) is 24.7. The summed E-state index contributed by atoms with van der Waals surface area (Å²) in [6.07, 6.45) is 0.857. The number of carbonyl (C=O) groups is 1. The predicted octanol–water partition coefficient (Wildman–Crippen LogP) is 4.23. The second-order valence-electron chi connectivity index (χ2n) is 8.31. The van der Waals surface area contributed by atoms with Crippen molar-refractivity contribution in [2.75, 3.05) is 37.7 Å². The van der Waals surface area contributed by atoms with Crippen LogP contribution in [0.5, 0.6) is 5.75 Å². The molecule has 0 radical (unpaired) electrons. The number of nitrogens with zero attached hydrogens (tertiary/aromatic N) is 4. The van der Waals surface area contributed by atoms with Gasteiger partial charge in [-0.05, 0) is 61.9 Å². The Morgan fingerprint density at radius 2 is 1.80 bits per heavy atom. The molecule has 7 nitrogen and oxygen atoms in total. The normalized spacial score (nSPS) is 13.7. The minimum Gasteiger partial charge on any atom is -0.494 e. The van der Waals surface area contributed by atoms with Crippen molar-refractivity contribution in [2.45, 2.75) is 26.3 Å². The van der Waals surface area contributed by atoms with E-state index in [-0.39, 0.29) is 16.5 Å². The van der Waals surface area contributed by atoms with Gasteiger partial charge in [0, 0.05) is 56.5 Å². The van der Waals surface area contributed by atoms with E-state index >= 15 is 0 Å². The lowest BCUT2D eigenvalue weighted by atomic mass is 10.1. The van der Waals surface area contributed by atoms with Crippen molar-refractivity contribution in [3.63, 3.8) is 0 Å². The number of anilines is 1. The molecule has 1 fully saturated rings. The number of benzene rings is 2. The van der Waals surface area contributed by atoms with Crippen LogP contribution in [0.2, 0.25) is 5.02 Å². The Morgan fingerprint density at radius 1 is 1.06 bits per heavy atom. The summed E-state index contributed by atoms with van der Waals surface area (Å²) in [4.78, 5) is 28.9. The van der Waals surface area contributed by atoms with Crippen LogP contribution >= 0.6 is 11.6 Å². The minimum absolute atomic E-state index is 0.0532. The molecule has 1 aliphatic heterocycles. The smallest absolute Gasteiger partial charge is 0.266 e. The molecule has 35 heavy (non-hydrogen) atoms. The Kier molecular flexibility index (Phi) is 8.02. The summed E-state index contributed by atoms with van der Waals surface area (Å²) >= 11 is 5.89. The molecule has 1 amide bonds. The van der Waals surface area contributed by atoms with Crippen LogP contribution in [-0.4, -0.2) is 53.4 Å². The number of rotatable bonds is 8. The van der Waals surface area contributed by atoms with Gasteiger partial charge in [-0.2, -0.15) is 5.10 Å². The molecule has 2 aromatic carbocycles. The summed E-state index contributed by atoms with van der Waals surface area (Å²) in [7, 11) is 0. The number of aromatic nitrogens is 2. The van der Waals surface area contributed by atoms with Gasteiger partial charge in [0.1, 0.15) is 11.6 Å². The molecule has 0 aliphatic carbocycles. The zero-order chi connectivity index (χ0) is 24.8. The van der Waals surface area contributed by atoms with Gasteiger partial charge in [0.25, 0.3) is 5.56 Å². The number of ether oxygens (including phenoxy) is 1. The molecule has 0 spiro atoms. The van der Waals surface area contributed by atoms with E-state index in [2.05, 4.69) is 10.00 Å². The van der Waals surface area contributed by atoms with E-state index in [1.807, 2.05) is 36.1 Å². The standard InChI is InChI=1S/C26H28ClFN4O3/c1-2-35-21-8-5-19(6-9-21)24-11-12-26(34)32(29-24)13-3-4-25(33)31-16-14-30(15-17-31)20-7-10-23(28)22(27)18-20/h5-12,18H,2-4,13-17H2,1H3. The van der Waals surface area contributed by atoms with Gasteiger partial charge in [0.15, 0.2) is 0 Å². The highest BCUT2D eigenvalue weighted by Gasteiger charge is 2.21. The molecular formula is C26H28ClFN4O3. The lowest BCUT2D eigenvalue weighted by Gasteiger charge is -2.36. The van der Waals surface area contributed by atoms with Gasteiger partial charge in [0.05, 0.1) is 17.3 Å². The highest BCUT2D eigenvalue weighted by atomic mass is 35.5. The van der Waals surface area contributed by atoms with Crippen molar-refractivity contribution in [1.82, 2.24) is 14.7 Å². The van der Waals surface area contributed by atoms with Gasteiger partial charge in [-0.3, -0.25) is 9.59 Å². The molecule has 0 N–H and O–H groups in total. The Labute approximate surface area is 208 Å². The number of halogens is 2. The molecule has 9 heteroatoms. The lowest BCUT2D eigenvalue weighted by molar-refractivity contribution is -0.131. The molecule has 1 aromatic heterocycles. The summed E-state index contributed by atoms with van der Waals surface area (Å²) in [5.74, 6) is 0.394. The minimum atomic E-state index is -0.442. The summed E-state index contributed by atoms with van der Waals surface area (Å²) in [6, 6.07) is 15.4. The summed E-state index contributed by atoms with van der Waals surface area (Å²) in [5.41, 5.74) is 2.23. The molecule has 0 bridgehead atoms. The number of hydrogen-bond donors (Lipinski definition) is 0. The van der Waals surface area contributed by atoms with Crippen molar-refractivity contribution in [3.8, 4) is 17.0 Å². The van der Waals surface area contributed by atoms with Crippen LogP contribution in [0.15, 0.2) is 59.4 Å². The molecular weight excluding hydrogens is 471 g/mol. The van der Waals surface area contributed by atoms with E-state index in [1.54, 1.807) is 18.2 Å². The van der Waals surface area contributed by atoms with E-state index in [9.17, 15) is 14.0 Å². The Bertz CT molecular complexity index is 1220. The van der Waals surface area contributed by atoms with Crippen LogP contribution in [0.25, 0.3) is 11.3 Å². The highest BCUT2D eigenvalue weighted by molar-refractivity contribution is 6.31. The molecule has 4 rings (SSSR count). The fourth-order valence-corrected chi connectivity index (χ4v) is 4.26. The van der Waals surface area contributed by atoms with Crippen molar-refractivity contribution in [2.24, 2.45) is 0 Å². The van der Waals surface area contributed by atoms with Gasteiger partial charge < -0.3 is 14.5 Å². The molecule has 184 valence electrons. The zero-order valence-electron chi connectivity index (χ0n) is 19.6. The number of amides is 1. The van der Waals surface area contributed by atoms with Crippen LogP contribution in [0, 0.1) is 5.82 Å².